The third kappa shape index (κ3) is 4.98. The van der Waals surface area contributed by atoms with Gasteiger partial charge >= 0.3 is 0 Å². The Hall–Kier alpha value is -1.43. The van der Waals surface area contributed by atoms with Crippen molar-refractivity contribution in [3.63, 3.8) is 0 Å². The highest BCUT2D eigenvalue weighted by Crippen LogP contribution is 2.26. The number of aliphatic hydroxyl groups is 1. The van der Waals surface area contributed by atoms with Crippen LogP contribution in [0.15, 0.2) is 12.7 Å². The summed E-state index contributed by atoms with van der Waals surface area (Å²) >= 11 is 0. The second kappa shape index (κ2) is 6.65. The van der Waals surface area contributed by atoms with Crippen LogP contribution in [0.3, 0.4) is 0 Å². The number of rotatable bonds is 5. The number of nitrogens with one attached hydrogen (secondary N) is 1. The molecule has 0 aromatic heterocycles. The molecule has 19 heavy (non-hydrogen) atoms. The first-order valence-electron chi connectivity index (χ1n) is 6.41. The van der Waals surface area contributed by atoms with Gasteiger partial charge in [-0.05, 0) is 13.0 Å². The summed E-state index contributed by atoms with van der Waals surface area (Å²) in [6.07, 6.45) is 0.846. The Bertz CT molecular complexity index is 350. The lowest BCUT2D eigenvalue weighted by molar-refractivity contribution is -0.129. The Labute approximate surface area is 112 Å². The quantitative estimate of drug-likeness (QED) is 0.711. The fourth-order valence-corrected chi connectivity index (χ4v) is 2.03. The van der Waals surface area contributed by atoms with Crippen molar-refractivity contribution in [2.45, 2.75) is 38.0 Å². The summed E-state index contributed by atoms with van der Waals surface area (Å²) < 4.78 is 14.4. The zero-order valence-electron chi connectivity index (χ0n) is 11.2. The molecule has 1 fully saturated rings. The molecule has 0 aromatic rings. The Kier molecular flexibility index (Phi) is 5.47. The van der Waals surface area contributed by atoms with Gasteiger partial charge in [0.2, 0.25) is 11.8 Å². The molecule has 1 heterocycles. The molecule has 1 atom stereocenters. The van der Waals surface area contributed by atoms with Crippen molar-refractivity contribution in [3.05, 3.63) is 12.7 Å². The number of hydrogen-bond acceptors (Lipinski definition) is 3. The summed E-state index contributed by atoms with van der Waals surface area (Å²) in [5.41, 5.74) is -1.48. The molecular formula is C13H21FN2O3. The molecule has 1 saturated heterocycles. The zero-order chi connectivity index (χ0) is 14.5. The summed E-state index contributed by atoms with van der Waals surface area (Å²) in [7, 11) is 0. The van der Waals surface area contributed by atoms with E-state index in [2.05, 4.69) is 11.9 Å². The van der Waals surface area contributed by atoms with Crippen LogP contribution in [0.2, 0.25) is 0 Å². The van der Waals surface area contributed by atoms with Crippen LogP contribution in [0.4, 0.5) is 4.39 Å². The highest BCUT2D eigenvalue weighted by atomic mass is 19.1. The first-order valence-corrected chi connectivity index (χ1v) is 6.41. The van der Waals surface area contributed by atoms with Crippen molar-refractivity contribution in [2.24, 2.45) is 0 Å². The second-order valence-corrected chi connectivity index (χ2v) is 5.01. The molecule has 108 valence electrons. The second-order valence-electron chi connectivity index (χ2n) is 5.01. The van der Waals surface area contributed by atoms with Gasteiger partial charge in [-0.15, -0.1) is 0 Å². The van der Waals surface area contributed by atoms with Crippen molar-refractivity contribution >= 4 is 11.8 Å². The van der Waals surface area contributed by atoms with E-state index in [9.17, 15) is 14.0 Å². The molecular weight excluding hydrogens is 251 g/mol. The minimum Gasteiger partial charge on any atom is -0.393 e. The normalized spacial score (nSPS) is 19.6. The van der Waals surface area contributed by atoms with Gasteiger partial charge in [-0.25, -0.2) is 4.39 Å². The average molecular weight is 272 g/mol. The number of likely N-dealkylation sites (tertiary alicyclic amines) is 1. The lowest BCUT2D eigenvalue weighted by atomic mass is 9.93. The maximum Gasteiger partial charge on any atom is 0.245 e. The standard InChI is InChI=1S/C13H21FN2O3/c1-3-12(19)16-6-4-13(14,5-7-16)9-15-11(18)8-10(2)17/h3,10,17H,1,4-9H2,2H3,(H,15,18)/t10-/m1/s1. The van der Waals surface area contributed by atoms with Crippen LogP contribution in [0.5, 0.6) is 0 Å². The van der Waals surface area contributed by atoms with E-state index in [0.717, 1.165) is 0 Å². The van der Waals surface area contributed by atoms with Gasteiger partial charge < -0.3 is 15.3 Å². The number of halogens is 1. The third-order valence-electron chi connectivity index (χ3n) is 3.23. The van der Waals surface area contributed by atoms with Gasteiger partial charge in [0, 0.05) is 25.9 Å². The number of carbonyl (C=O) groups excluding carboxylic acids is 2. The van der Waals surface area contributed by atoms with Crippen molar-refractivity contribution in [2.75, 3.05) is 19.6 Å². The fraction of sp³-hybridized carbons (Fsp3) is 0.692. The van der Waals surface area contributed by atoms with Gasteiger partial charge in [0.15, 0.2) is 0 Å². The SMILES string of the molecule is C=CC(=O)N1CCC(F)(CNC(=O)C[C@@H](C)O)CC1. The minimum absolute atomic E-state index is 0.0306. The molecule has 2 amide bonds. The predicted molar refractivity (Wildman–Crippen MR) is 69.2 cm³/mol. The summed E-state index contributed by atoms with van der Waals surface area (Å²) in [4.78, 5) is 24.2. The van der Waals surface area contributed by atoms with Crippen molar-refractivity contribution in [1.29, 1.82) is 0 Å². The van der Waals surface area contributed by atoms with Crippen LogP contribution in [0, 0.1) is 0 Å². The number of hydrogen-bond donors (Lipinski definition) is 2. The zero-order valence-corrected chi connectivity index (χ0v) is 11.2. The van der Waals surface area contributed by atoms with Gasteiger partial charge in [0.05, 0.1) is 19.1 Å². The van der Waals surface area contributed by atoms with Crippen molar-refractivity contribution in [1.82, 2.24) is 10.2 Å². The van der Waals surface area contributed by atoms with Crippen molar-refractivity contribution in [3.8, 4) is 0 Å². The summed E-state index contributed by atoms with van der Waals surface area (Å²) in [6, 6.07) is 0. The smallest absolute Gasteiger partial charge is 0.245 e. The van der Waals surface area contributed by atoms with Gasteiger partial charge in [-0.3, -0.25) is 9.59 Å². The van der Waals surface area contributed by atoms with Crippen LogP contribution >= 0.6 is 0 Å². The fourth-order valence-electron chi connectivity index (χ4n) is 2.03. The van der Waals surface area contributed by atoms with Crippen LogP contribution in [0.25, 0.3) is 0 Å². The largest absolute Gasteiger partial charge is 0.393 e. The first-order chi connectivity index (χ1) is 8.86. The first kappa shape index (κ1) is 15.6. The van der Waals surface area contributed by atoms with E-state index < -0.39 is 11.8 Å². The Morgan fingerprint density at radius 2 is 2.11 bits per heavy atom. The summed E-state index contributed by atoms with van der Waals surface area (Å²) in [6.45, 7) is 5.48. The molecule has 1 aliphatic heterocycles. The number of amides is 2. The van der Waals surface area contributed by atoms with E-state index in [1.807, 2.05) is 0 Å². The number of carbonyl (C=O) groups is 2. The molecule has 2 N–H and O–H groups in total. The molecule has 0 spiro atoms. The number of alkyl halides is 1. The molecule has 0 bridgehead atoms. The number of aliphatic hydroxyl groups excluding tert-OH is 1. The van der Waals surface area contributed by atoms with Gasteiger partial charge in [0.25, 0.3) is 0 Å². The Morgan fingerprint density at radius 3 is 2.58 bits per heavy atom. The molecule has 0 aliphatic carbocycles. The van der Waals surface area contributed by atoms with Crippen LogP contribution in [-0.2, 0) is 9.59 Å². The molecule has 5 nitrogen and oxygen atoms in total. The molecule has 0 saturated carbocycles. The monoisotopic (exact) mass is 272 g/mol. The van der Waals surface area contributed by atoms with Gasteiger partial charge in [-0.1, -0.05) is 6.58 Å². The molecule has 0 radical (unpaired) electrons. The van der Waals surface area contributed by atoms with E-state index in [1.54, 1.807) is 4.90 Å². The van der Waals surface area contributed by atoms with Crippen LogP contribution in [0.1, 0.15) is 26.2 Å². The minimum atomic E-state index is -1.48. The van der Waals surface area contributed by atoms with Gasteiger partial charge in [0.1, 0.15) is 5.67 Å². The topological polar surface area (TPSA) is 69.6 Å². The Balaban J connectivity index is 2.37. The highest BCUT2D eigenvalue weighted by molar-refractivity contribution is 5.87. The molecule has 6 heteroatoms. The average Bonchev–Trinajstić information content (AvgIpc) is 2.36. The van der Waals surface area contributed by atoms with Crippen LogP contribution in [-0.4, -0.2) is 53.2 Å². The lowest BCUT2D eigenvalue weighted by Gasteiger charge is -2.36. The summed E-state index contributed by atoms with van der Waals surface area (Å²) in [5.74, 6) is -0.559. The van der Waals surface area contributed by atoms with E-state index in [-0.39, 0.29) is 37.6 Å². The van der Waals surface area contributed by atoms with E-state index in [4.69, 9.17) is 5.11 Å². The predicted octanol–water partition coefficient (Wildman–Crippen LogP) is 0.390. The molecule has 1 rings (SSSR count). The Morgan fingerprint density at radius 1 is 1.53 bits per heavy atom. The maximum absolute atomic E-state index is 14.4. The summed E-state index contributed by atoms with van der Waals surface area (Å²) in [5, 5.41) is 11.5. The van der Waals surface area contributed by atoms with E-state index >= 15 is 0 Å². The van der Waals surface area contributed by atoms with Crippen LogP contribution < -0.4 is 5.32 Å². The molecule has 1 aliphatic rings. The van der Waals surface area contributed by atoms with E-state index in [1.165, 1.54) is 13.0 Å². The third-order valence-corrected chi connectivity index (χ3v) is 3.23. The molecule has 0 aromatic carbocycles. The van der Waals surface area contributed by atoms with Gasteiger partial charge in [-0.2, -0.15) is 0 Å². The molecule has 0 unspecified atom stereocenters. The highest BCUT2D eigenvalue weighted by Gasteiger charge is 2.35. The maximum atomic E-state index is 14.4. The van der Waals surface area contributed by atoms with E-state index in [0.29, 0.717) is 13.1 Å². The number of piperidine rings is 1. The lowest BCUT2D eigenvalue weighted by Crippen LogP contribution is -2.49. The number of nitrogens with zero attached hydrogens (tertiary/aromatic N) is 1. The van der Waals surface area contributed by atoms with Crippen molar-refractivity contribution < 1.29 is 19.1 Å².